The summed E-state index contributed by atoms with van der Waals surface area (Å²) < 4.78 is 0. The van der Waals surface area contributed by atoms with E-state index in [0.717, 1.165) is 24.2 Å². The first-order valence-corrected chi connectivity index (χ1v) is 7.04. The van der Waals surface area contributed by atoms with Crippen molar-refractivity contribution >= 4 is 23.4 Å². The molecule has 0 saturated heterocycles. The van der Waals surface area contributed by atoms with Crippen LogP contribution in [-0.4, -0.2) is 24.0 Å². The molecule has 1 rings (SSSR count). The van der Waals surface area contributed by atoms with Crippen LogP contribution in [0.15, 0.2) is 24.3 Å². The fraction of sp³-hybridized carbons (Fsp3) is 0.462. The number of carbonyl (C=O) groups excluding carboxylic acids is 1. The quantitative estimate of drug-likeness (QED) is 0.762. The Morgan fingerprint density at radius 2 is 2.06 bits per heavy atom. The Morgan fingerprint density at radius 1 is 1.41 bits per heavy atom. The Morgan fingerprint density at radius 3 is 2.65 bits per heavy atom. The van der Waals surface area contributed by atoms with Gasteiger partial charge in [-0.05, 0) is 30.4 Å². The third-order valence-corrected chi connectivity index (χ3v) is 3.66. The van der Waals surface area contributed by atoms with E-state index in [2.05, 4.69) is 18.5 Å². The number of hydrogen-bond acceptors (Lipinski definition) is 3. The van der Waals surface area contributed by atoms with Crippen molar-refractivity contribution in [1.82, 2.24) is 5.32 Å². The minimum atomic E-state index is 0.0723. The molecule has 0 bridgehead atoms. The molecule has 94 valence electrons. The Hall–Kier alpha value is -1.16. The van der Waals surface area contributed by atoms with Gasteiger partial charge in [-0.2, -0.15) is 11.8 Å². The van der Waals surface area contributed by atoms with Crippen LogP contribution in [0.2, 0.25) is 0 Å². The fourth-order valence-corrected chi connectivity index (χ4v) is 1.77. The molecule has 4 heteroatoms. The van der Waals surface area contributed by atoms with Gasteiger partial charge in [0.25, 0.3) is 0 Å². The van der Waals surface area contributed by atoms with E-state index in [4.69, 9.17) is 5.73 Å². The average Bonchev–Trinajstić information content (AvgIpc) is 2.32. The van der Waals surface area contributed by atoms with E-state index in [0.29, 0.717) is 11.7 Å². The number of nitrogens with two attached hydrogens (primary N) is 1. The highest BCUT2D eigenvalue weighted by Crippen LogP contribution is 2.08. The van der Waals surface area contributed by atoms with Crippen molar-refractivity contribution in [3.8, 4) is 0 Å². The minimum absolute atomic E-state index is 0.0723. The first-order chi connectivity index (χ1) is 8.11. The van der Waals surface area contributed by atoms with Crippen LogP contribution >= 0.6 is 11.8 Å². The SMILES string of the molecule is CSC(C)CCNC(=O)Cc1ccc(N)cc1. The molecule has 0 heterocycles. The fourth-order valence-electron chi connectivity index (χ4n) is 1.42. The molecule has 1 aromatic carbocycles. The Kier molecular flexibility index (Phi) is 5.91. The topological polar surface area (TPSA) is 55.1 Å². The number of amides is 1. The summed E-state index contributed by atoms with van der Waals surface area (Å²) in [4.78, 5) is 11.6. The van der Waals surface area contributed by atoms with Crippen LogP contribution in [0.4, 0.5) is 5.69 Å². The van der Waals surface area contributed by atoms with Gasteiger partial charge in [0.15, 0.2) is 0 Å². The van der Waals surface area contributed by atoms with Crippen molar-refractivity contribution in [1.29, 1.82) is 0 Å². The summed E-state index contributed by atoms with van der Waals surface area (Å²) in [6.07, 6.45) is 3.52. The number of rotatable bonds is 6. The molecule has 1 atom stereocenters. The van der Waals surface area contributed by atoms with Gasteiger partial charge >= 0.3 is 0 Å². The first-order valence-electron chi connectivity index (χ1n) is 5.75. The van der Waals surface area contributed by atoms with Gasteiger partial charge in [0, 0.05) is 17.5 Å². The largest absolute Gasteiger partial charge is 0.399 e. The minimum Gasteiger partial charge on any atom is -0.399 e. The van der Waals surface area contributed by atoms with Crippen molar-refractivity contribution in [3.63, 3.8) is 0 Å². The summed E-state index contributed by atoms with van der Waals surface area (Å²) in [5.74, 6) is 0.0723. The molecule has 0 radical (unpaired) electrons. The highest BCUT2D eigenvalue weighted by Gasteiger charge is 2.04. The highest BCUT2D eigenvalue weighted by molar-refractivity contribution is 7.99. The number of nitrogen functional groups attached to an aromatic ring is 1. The molecular weight excluding hydrogens is 232 g/mol. The standard InChI is InChI=1S/C13H20N2OS/c1-10(17-2)7-8-15-13(16)9-11-3-5-12(14)6-4-11/h3-6,10H,7-9,14H2,1-2H3,(H,15,16). The molecular formula is C13H20N2OS. The molecule has 0 fully saturated rings. The van der Waals surface area contributed by atoms with Gasteiger partial charge in [-0.1, -0.05) is 19.1 Å². The van der Waals surface area contributed by atoms with Crippen molar-refractivity contribution < 1.29 is 4.79 Å². The number of nitrogens with one attached hydrogen (secondary N) is 1. The molecule has 1 amide bonds. The van der Waals surface area contributed by atoms with E-state index < -0.39 is 0 Å². The maximum absolute atomic E-state index is 11.6. The van der Waals surface area contributed by atoms with Crippen LogP contribution in [0.3, 0.4) is 0 Å². The number of benzene rings is 1. The number of anilines is 1. The van der Waals surface area contributed by atoms with Gasteiger partial charge in [-0.3, -0.25) is 4.79 Å². The normalized spacial score (nSPS) is 12.1. The Labute approximate surface area is 107 Å². The zero-order chi connectivity index (χ0) is 12.7. The van der Waals surface area contributed by atoms with E-state index in [-0.39, 0.29) is 5.91 Å². The Bertz CT molecular complexity index is 351. The average molecular weight is 252 g/mol. The van der Waals surface area contributed by atoms with Crippen molar-refractivity contribution in [2.45, 2.75) is 25.0 Å². The molecule has 0 aromatic heterocycles. The van der Waals surface area contributed by atoms with Crippen LogP contribution in [-0.2, 0) is 11.2 Å². The van der Waals surface area contributed by atoms with Gasteiger partial charge in [-0.25, -0.2) is 0 Å². The molecule has 3 N–H and O–H groups in total. The number of carbonyl (C=O) groups is 1. The molecule has 0 aliphatic carbocycles. The molecule has 0 saturated carbocycles. The predicted molar refractivity (Wildman–Crippen MR) is 75.2 cm³/mol. The van der Waals surface area contributed by atoms with Crippen LogP contribution in [0.25, 0.3) is 0 Å². The van der Waals surface area contributed by atoms with Crippen molar-refractivity contribution in [2.75, 3.05) is 18.5 Å². The zero-order valence-electron chi connectivity index (χ0n) is 10.4. The van der Waals surface area contributed by atoms with Crippen LogP contribution in [0.5, 0.6) is 0 Å². The first kappa shape index (κ1) is 13.9. The lowest BCUT2D eigenvalue weighted by Crippen LogP contribution is -2.27. The summed E-state index contributed by atoms with van der Waals surface area (Å²) in [5, 5.41) is 3.52. The lowest BCUT2D eigenvalue weighted by molar-refractivity contribution is -0.120. The summed E-state index contributed by atoms with van der Waals surface area (Å²) >= 11 is 1.82. The smallest absolute Gasteiger partial charge is 0.224 e. The second-order valence-corrected chi connectivity index (χ2v) is 5.38. The summed E-state index contributed by atoms with van der Waals surface area (Å²) in [5.41, 5.74) is 7.30. The lowest BCUT2D eigenvalue weighted by Gasteiger charge is -2.09. The molecule has 1 unspecified atom stereocenters. The molecule has 0 aliphatic heterocycles. The van der Waals surface area contributed by atoms with E-state index >= 15 is 0 Å². The zero-order valence-corrected chi connectivity index (χ0v) is 11.2. The third kappa shape index (κ3) is 5.63. The second kappa shape index (κ2) is 7.22. The van der Waals surface area contributed by atoms with Gasteiger partial charge in [-0.15, -0.1) is 0 Å². The van der Waals surface area contributed by atoms with Gasteiger partial charge in [0.2, 0.25) is 5.91 Å². The number of thioether (sulfide) groups is 1. The molecule has 0 spiro atoms. The van der Waals surface area contributed by atoms with E-state index in [1.807, 2.05) is 36.0 Å². The highest BCUT2D eigenvalue weighted by atomic mass is 32.2. The monoisotopic (exact) mass is 252 g/mol. The van der Waals surface area contributed by atoms with Crippen molar-refractivity contribution in [2.24, 2.45) is 0 Å². The molecule has 1 aromatic rings. The maximum atomic E-state index is 11.6. The predicted octanol–water partition coefficient (Wildman–Crippen LogP) is 2.07. The summed E-state index contributed by atoms with van der Waals surface area (Å²) in [7, 11) is 0. The third-order valence-electron chi connectivity index (χ3n) is 2.62. The Balaban J connectivity index is 2.27. The van der Waals surface area contributed by atoms with Crippen LogP contribution in [0, 0.1) is 0 Å². The van der Waals surface area contributed by atoms with E-state index in [9.17, 15) is 4.79 Å². The van der Waals surface area contributed by atoms with E-state index in [1.54, 1.807) is 0 Å². The summed E-state index contributed by atoms with van der Waals surface area (Å²) in [6, 6.07) is 7.41. The van der Waals surface area contributed by atoms with E-state index in [1.165, 1.54) is 0 Å². The lowest BCUT2D eigenvalue weighted by atomic mass is 10.1. The number of hydrogen-bond donors (Lipinski definition) is 2. The maximum Gasteiger partial charge on any atom is 0.224 e. The van der Waals surface area contributed by atoms with Gasteiger partial charge in [0.1, 0.15) is 0 Å². The summed E-state index contributed by atoms with van der Waals surface area (Å²) in [6.45, 7) is 2.91. The van der Waals surface area contributed by atoms with Crippen LogP contribution < -0.4 is 11.1 Å². The van der Waals surface area contributed by atoms with Crippen molar-refractivity contribution in [3.05, 3.63) is 29.8 Å². The molecule has 0 aliphatic rings. The molecule has 17 heavy (non-hydrogen) atoms. The van der Waals surface area contributed by atoms with Gasteiger partial charge < -0.3 is 11.1 Å². The van der Waals surface area contributed by atoms with Gasteiger partial charge in [0.05, 0.1) is 6.42 Å². The molecule has 3 nitrogen and oxygen atoms in total. The van der Waals surface area contributed by atoms with Crippen LogP contribution in [0.1, 0.15) is 18.9 Å². The second-order valence-electron chi connectivity index (χ2n) is 4.10.